The number of halogens is 1. The lowest BCUT2D eigenvalue weighted by atomic mass is 10.4. The molecule has 0 aromatic carbocycles. The summed E-state index contributed by atoms with van der Waals surface area (Å²) >= 11 is 5.27. The topological polar surface area (TPSA) is 59.2 Å². The molecule has 1 fully saturated rings. The first-order valence-corrected chi connectivity index (χ1v) is 6.74. The largest absolute Gasteiger partial charge is 0.461 e. The SMILES string of the molecule is Cl.S=c1[nH]nc(-c2ccco2)n1CCN1CCOCC1. The molecule has 2 aromatic heterocycles. The standard InChI is InChI=1S/C12H16N4O2S.ClH/c19-12-14-13-11(10-2-1-7-18-10)16(12)4-3-15-5-8-17-9-6-15;/h1-2,7H,3-6,8-9H2,(H,14,19);1H. The van der Waals surface area contributed by atoms with E-state index in [4.69, 9.17) is 21.4 Å². The van der Waals surface area contributed by atoms with Crippen LogP contribution < -0.4 is 0 Å². The van der Waals surface area contributed by atoms with Gasteiger partial charge in [-0.15, -0.1) is 12.4 Å². The van der Waals surface area contributed by atoms with Crippen LogP contribution in [0.5, 0.6) is 0 Å². The molecule has 0 saturated carbocycles. The van der Waals surface area contributed by atoms with E-state index in [1.54, 1.807) is 6.26 Å². The van der Waals surface area contributed by atoms with Gasteiger partial charge in [0, 0.05) is 26.2 Å². The number of H-pyrrole nitrogens is 1. The average molecular weight is 317 g/mol. The zero-order valence-corrected chi connectivity index (χ0v) is 12.6. The van der Waals surface area contributed by atoms with E-state index >= 15 is 0 Å². The molecule has 1 saturated heterocycles. The van der Waals surface area contributed by atoms with E-state index in [-0.39, 0.29) is 12.4 Å². The van der Waals surface area contributed by atoms with Crippen molar-refractivity contribution in [1.29, 1.82) is 0 Å². The maximum Gasteiger partial charge on any atom is 0.198 e. The molecule has 0 atom stereocenters. The van der Waals surface area contributed by atoms with Crippen LogP contribution in [0.2, 0.25) is 0 Å². The van der Waals surface area contributed by atoms with E-state index in [2.05, 4.69) is 15.1 Å². The van der Waals surface area contributed by atoms with Gasteiger partial charge in [0.2, 0.25) is 0 Å². The van der Waals surface area contributed by atoms with Gasteiger partial charge in [0.05, 0.1) is 19.5 Å². The maximum absolute atomic E-state index is 5.38. The summed E-state index contributed by atoms with van der Waals surface area (Å²) in [5.41, 5.74) is 0. The Morgan fingerprint density at radius 2 is 2.10 bits per heavy atom. The summed E-state index contributed by atoms with van der Waals surface area (Å²) < 4.78 is 13.3. The van der Waals surface area contributed by atoms with Gasteiger partial charge in [0.1, 0.15) is 0 Å². The highest BCUT2D eigenvalue weighted by atomic mass is 35.5. The van der Waals surface area contributed by atoms with Crippen LogP contribution in [0.25, 0.3) is 11.6 Å². The number of morpholine rings is 1. The number of aromatic nitrogens is 3. The molecule has 0 spiro atoms. The summed E-state index contributed by atoms with van der Waals surface area (Å²) in [6, 6.07) is 3.73. The first-order chi connectivity index (χ1) is 9.34. The molecule has 1 aliphatic rings. The van der Waals surface area contributed by atoms with Crippen molar-refractivity contribution in [3.63, 3.8) is 0 Å². The Bertz CT molecular complexity index is 575. The van der Waals surface area contributed by atoms with Crippen molar-refractivity contribution in [2.24, 2.45) is 0 Å². The first-order valence-electron chi connectivity index (χ1n) is 6.34. The summed E-state index contributed by atoms with van der Waals surface area (Å²) in [5.74, 6) is 1.48. The lowest BCUT2D eigenvalue weighted by Gasteiger charge is -2.26. The summed E-state index contributed by atoms with van der Waals surface area (Å²) in [6.07, 6.45) is 1.64. The Labute approximate surface area is 128 Å². The lowest BCUT2D eigenvalue weighted by molar-refractivity contribution is 0.0364. The fraction of sp³-hybridized carbons (Fsp3) is 0.500. The van der Waals surface area contributed by atoms with Crippen LogP contribution in [0, 0.1) is 4.77 Å². The van der Waals surface area contributed by atoms with Crippen molar-refractivity contribution in [1.82, 2.24) is 19.7 Å². The second-order valence-corrected chi connectivity index (χ2v) is 4.82. The number of aromatic amines is 1. The van der Waals surface area contributed by atoms with Gasteiger partial charge in [-0.05, 0) is 24.4 Å². The van der Waals surface area contributed by atoms with Crippen molar-refractivity contribution in [3.8, 4) is 11.6 Å². The van der Waals surface area contributed by atoms with Crippen LogP contribution in [0.3, 0.4) is 0 Å². The lowest BCUT2D eigenvalue weighted by Crippen LogP contribution is -2.38. The van der Waals surface area contributed by atoms with Crippen LogP contribution >= 0.6 is 24.6 Å². The molecule has 0 unspecified atom stereocenters. The predicted molar refractivity (Wildman–Crippen MR) is 79.6 cm³/mol. The zero-order valence-electron chi connectivity index (χ0n) is 10.9. The molecule has 0 amide bonds. The van der Waals surface area contributed by atoms with Gasteiger partial charge >= 0.3 is 0 Å². The predicted octanol–water partition coefficient (Wildman–Crippen LogP) is 1.95. The molecular weight excluding hydrogens is 300 g/mol. The molecule has 0 aliphatic carbocycles. The number of nitrogens with one attached hydrogen (secondary N) is 1. The van der Waals surface area contributed by atoms with Crippen molar-refractivity contribution >= 4 is 24.6 Å². The van der Waals surface area contributed by atoms with Crippen LogP contribution in [0.4, 0.5) is 0 Å². The van der Waals surface area contributed by atoms with Crippen LogP contribution in [0.1, 0.15) is 0 Å². The minimum Gasteiger partial charge on any atom is -0.461 e. The molecule has 2 aromatic rings. The number of rotatable bonds is 4. The molecule has 1 N–H and O–H groups in total. The molecular formula is C12H17ClN4O2S. The number of ether oxygens (including phenoxy) is 1. The Balaban J connectivity index is 0.00000147. The highest BCUT2D eigenvalue weighted by molar-refractivity contribution is 7.71. The van der Waals surface area contributed by atoms with Crippen LogP contribution in [-0.2, 0) is 11.3 Å². The summed E-state index contributed by atoms with van der Waals surface area (Å²) in [5, 5.41) is 7.06. The second-order valence-electron chi connectivity index (χ2n) is 4.44. The molecule has 8 heteroatoms. The monoisotopic (exact) mass is 316 g/mol. The van der Waals surface area contributed by atoms with Crippen molar-refractivity contribution in [3.05, 3.63) is 23.2 Å². The number of hydrogen-bond donors (Lipinski definition) is 1. The molecule has 1 aliphatic heterocycles. The van der Waals surface area contributed by atoms with Crippen molar-refractivity contribution in [2.45, 2.75) is 6.54 Å². The molecule has 0 bridgehead atoms. The van der Waals surface area contributed by atoms with E-state index in [9.17, 15) is 0 Å². The highest BCUT2D eigenvalue weighted by Gasteiger charge is 2.14. The van der Waals surface area contributed by atoms with E-state index in [0.717, 1.165) is 51.0 Å². The van der Waals surface area contributed by atoms with E-state index < -0.39 is 0 Å². The summed E-state index contributed by atoms with van der Waals surface area (Å²) in [4.78, 5) is 2.37. The van der Waals surface area contributed by atoms with Gasteiger partial charge in [-0.3, -0.25) is 14.6 Å². The van der Waals surface area contributed by atoms with Crippen LogP contribution in [-0.4, -0.2) is 52.5 Å². The second kappa shape index (κ2) is 7.03. The molecule has 3 heterocycles. The maximum atomic E-state index is 5.38. The third kappa shape index (κ3) is 3.29. The van der Waals surface area contributed by atoms with Gasteiger partial charge < -0.3 is 9.15 Å². The first kappa shape index (κ1) is 15.2. The molecule has 6 nitrogen and oxygen atoms in total. The van der Waals surface area contributed by atoms with Gasteiger partial charge in [-0.25, -0.2) is 0 Å². The minimum atomic E-state index is 0. The van der Waals surface area contributed by atoms with Gasteiger partial charge in [0.25, 0.3) is 0 Å². The zero-order chi connectivity index (χ0) is 13.1. The summed E-state index contributed by atoms with van der Waals surface area (Å²) in [7, 11) is 0. The third-order valence-electron chi connectivity index (χ3n) is 3.24. The van der Waals surface area contributed by atoms with Crippen molar-refractivity contribution in [2.75, 3.05) is 32.8 Å². The third-order valence-corrected chi connectivity index (χ3v) is 3.56. The van der Waals surface area contributed by atoms with Crippen LogP contribution in [0.15, 0.2) is 22.8 Å². The average Bonchev–Trinajstić information content (AvgIpc) is 3.07. The Hall–Kier alpha value is -1.15. The number of hydrogen-bond acceptors (Lipinski definition) is 5. The Morgan fingerprint density at radius 3 is 2.80 bits per heavy atom. The van der Waals surface area contributed by atoms with E-state index in [1.807, 2.05) is 16.7 Å². The quantitative estimate of drug-likeness (QED) is 0.874. The fourth-order valence-corrected chi connectivity index (χ4v) is 2.41. The van der Waals surface area contributed by atoms with Crippen molar-refractivity contribution < 1.29 is 9.15 Å². The van der Waals surface area contributed by atoms with Gasteiger partial charge in [0.15, 0.2) is 16.4 Å². The molecule has 3 rings (SSSR count). The summed E-state index contributed by atoms with van der Waals surface area (Å²) in [6.45, 7) is 5.29. The van der Waals surface area contributed by atoms with E-state index in [0.29, 0.717) is 4.77 Å². The molecule has 0 radical (unpaired) electrons. The fourth-order valence-electron chi connectivity index (χ4n) is 2.19. The smallest absolute Gasteiger partial charge is 0.198 e. The van der Waals surface area contributed by atoms with Gasteiger partial charge in [-0.1, -0.05) is 0 Å². The Morgan fingerprint density at radius 1 is 1.30 bits per heavy atom. The minimum absolute atomic E-state index is 0. The number of furan rings is 1. The van der Waals surface area contributed by atoms with Gasteiger partial charge in [-0.2, -0.15) is 5.10 Å². The van der Waals surface area contributed by atoms with E-state index in [1.165, 1.54) is 0 Å². The highest BCUT2D eigenvalue weighted by Crippen LogP contribution is 2.17. The number of nitrogens with zero attached hydrogens (tertiary/aromatic N) is 3. The molecule has 110 valence electrons. The normalized spacial score (nSPS) is 16.0. The molecule has 20 heavy (non-hydrogen) atoms. The Kier molecular flexibility index (Phi) is 5.36.